The van der Waals surface area contributed by atoms with Crippen molar-refractivity contribution in [2.75, 3.05) is 0 Å². The number of rotatable bonds is 15. The van der Waals surface area contributed by atoms with Crippen molar-refractivity contribution in [1.29, 1.82) is 0 Å². The molecule has 1 unspecified atom stereocenters. The maximum Gasteiger partial charge on any atom is 0.346 e. The first-order valence-electron chi connectivity index (χ1n) is 18.8. The van der Waals surface area contributed by atoms with E-state index in [9.17, 15) is 30.1 Å². The van der Waals surface area contributed by atoms with Gasteiger partial charge in [0.15, 0.2) is 6.29 Å². The summed E-state index contributed by atoms with van der Waals surface area (Å²) in [6.07, 6.45) is 0.693. The second-order valence-corrected chi connectivity index (χ2v) is 14.4. The second-order valence-electron chi connectivity index (χ2n) is 14.4. The molecule has 7 atom stereocenters. The Morgan fingerprint density at radius 2 is 1.67 bits per heavy atom. The van der Waals surface area contributed by atoms with Gasteiger partial charge < -0.3 is 24.1 Å². The van der Waals surface area contributed by atoms with Crippen LogP contribution in [-0.2, 0) is 25.4 Å². The third kappa shape index (κ3) is 10.0. The second kappa shape index (κ2) is 18.3. The molecule has 0 radical (unpaired) electrons. The van der Waals surface area contributed by atoms with Crippen molar-refractivity contribution in [2.24, 2.45) is 11.8 Å². The lowest BCUT2D eigenvalue weighted by Gasteiger charge is -2.39. The number of nitrogens with zero attached hydrogens (tertiary/aromatic N) is 2. The molecule has 2 fully saturated rings. The maximum absolute atomic E-state index is 12.1. The summed E-state index contributed by atoms with van der Waals surface area (Å²) >= 11 is 0. The Hall–Kier alpha value is -5.35. The van der Waals surface area contributed by atoms with Crippen LogP contribution >= 0.6 is 0 Å². The average Bonchev–Trinajstić information content (AvgIpc) is 3.50. The van der Waals surface area contributed by atoms with Crippen LogP contribution in [0.3, 0.4) is 0 Å². The summed E-state index contributed by atoms with van der Waals surface area (Å²) in [5.41, 5.74) is 0.124. The molecule has 1 saturated heterocycles. The molecule has 1 aliphatic heterocycles. The number of hydrogen-bond donors (Lipinski definition) is 1. The number of hydrogen-bond acceptors (Lipinski definition) is 10. The van der Waals surface area contributed by atoms with Crippen LogP contribution in [0.5, 0.6) is 5.75 Å². The van der Waals surface area contributed by atoms with Crippen molar-refractivity contribution in [3.05, 3.63) is 122 Å². The quantitative estimate of drug-likeness (QED) is 0.0411. The van der Waals surface area contributed by atoms with Gasteiger partial charge in [0.2, 0.25) is 0 Å². The number of esters is 1. The normalized spacial score (nSPS) is 22.3. The Morgan fingerprint density at radius 3 is 2.44 bits per heavy atom. The van der Waals surface area contributed by atoms with Gasteiger partial charge in [-0.05, 0) is 75.0 Å². The summed E-state index contributed by atoms with van der Waals surface area (Å²) in [4.78, 5) is 33.7. The smallest absolute Gasteiger partial charge is 0.346 e. The van der Waals surface area contributed by atoms with E-state index in [4.69, 9.17) is 18.9 Å². The van der Waals surface area contributed by atoms with Gasteiger partial charge in [0.05, 0.1) is 34.3 Å². The minimum absolute atomic E-state index is 0.175. The standard InChI is InChI=1S/C43H46N2O10/c1-28(2)52-41(47)19-8-4-7-17-39-42-34(37(46)27-40(42)55-43(54-39)31-21-25-35(44(48)49)36(26-31)45(50)51)24-23-32(22-20-29-12-5-3-6-13-29)53-38-18-11-15-30-14-9-10-16-33(30)38/h3,5-6,9-16,18,21,25-26,28,32,34,37,39-40,42-43,46H,4,8,19-20,22-24,27H2,1-2H3/t32-,34-,37+,39?,40-,42-,43+/m0/s1. The number of nitro benzene ring substituents is 2. The van der Waals surface area contributed by atoms with Gasteiger partial charge in [0.1, 0.15) is 11.9 Å². The van der Waals surface area contributed by atoms with Crippen LogP contribution in [0.4, 0.5) is 11.4 Å². The van der Waals surface area contributed by atoms with Crippen molar-refractivity contribution in [3.8, 4) is 17.6 Å². The van der Waals surface area contributed by atoms with Gasteiger partial charge in [-0.3, -0.25) is 25.0 Å². The largest absolute Gasteiger partial charge is 0.490 e. The molecule has 288 valence electrons. The highest BCUT2D eigenvalue weighted by molar-refractivity contribution is 5.88. The molecule has 1 saturated carbocycles. The van der Waals surface area contributed by atoms with Crippen LogP contribution in [0, 0.1) is 43.9 Å². The molecule has 0 aromatic heterocycles. The Kier molecular flexibility index (Phi) is 13.1. The van der Waals surface area contributed by atoms with Gasteiger partial charge >= 0.3 is 17.3 Å². The fourth-order valence-electron chi connectivity index (χ4n) is 7.65. The predicted molar refractivity (Wildman–Crippen MR) is 205 cm³/mol. The van der Waals surface area contributed by atoms with Crippen LogP contribution in [0.25, 0.3) is 10.8 Å². The predicted octanol–water partition coefficient (Wildman–Crippen LogP) is 8.42. The third-order valence-electron chi connectivity index (χ3n) is 10.2. The monoisotopic (exact) mass is 750 g/mol. The topological polar surface area (TPSA) is 160 Å². The van der Waals surface area contributed by atoms with Gasteiger partial charge in [0.25, 0.3) is 0 Å². The van der Waals surface area contributed by atoms with E-state index >= 15 is 0 Å². The summed E-state index contributed by atoms with van der Waals surface area (Å²) in [5.74, 6) is 6.26. The van der Waals surface area contributed by atoms with Gasteiger partial charge in [0, 0.05) is 48.3 Å². The minimum atomic E-state index is -1.11. The van der Waals surface area contributed by atoms with Gasteiger partial charge in [-0.25, -0.2) is 0 Å². The molecular weight excluding hydrogens is 704 g/mol. The molecule has 0 spiro atoms. The summed E-state index contributed by atoms with van der Waals surface area (Å²) in [5, 5.41) is 36.9. The summed E-state index contributed by atoms with van der Waals surface area (Å²) in [6, 6.07) is 27.9. The number of carbonyl (C=O) groups excluding carboxylic acids is 1. The van der Waals surface area contributed by atoms with E-state index in [0.29, 0.717) is 32.1 Å². The van der Waals surface area contributed by atoms with E-state index in [1.165, 1.54) is 11.6 Å². The van der Waals surface area contributed by atoms with Crippen LogP contribution < -0.4 is 4.74 Å². The number of aliphatic hydroxyl groups is 1. The first-order chi connectivity index (χ1) is 26.6. The molecule has 6 rings (SSSR count). The highest BCUT2D eigenvalue weighted by atomic mass is 16.7. The fraction of sp³-hybridized carbons (Fsp3) is 0.419. The Balaban J connectivity index is 1.23. The summed E-state index contributed by atoms with van der Waals surface area (Å²) in [7, 11) is 0. The summed E-state index contributed by atoms with van der Waals surface area (Å²) in [6.45, 7) is 3.58. The molecule has 1 aliphatic carbocycles. The molecule has 4 aromatic carbocycles. The van der Waals surface area contributed by atoms with Gasteiger partial charge in [-0.1, -0.05) is 72.7 Å². The lowest BCUT2D eigenvalue weighted by Crippen LogP contribution is -2.42. The van der Waals surface area contributed by atoms with Crippen molar-refractivity contribution >= 4 is 28.1 Å². The van der Waals surface area contributed by atoms with Crippen LogP contribution in [0.2, 0.25) is 0 Å². The number of aliphatic hydroxyl groups excluding tert-OH is 1. The number of carbonyl (C=O) groups is 1. The maximum atomic E-state index is 12.1. The lowest BCUT2D eigenvalue weighted by molar-refractivity contribution is -0.422. The zero-order valence-corrected chi connectivity index (χ0v) is 31.0. The molecule has 55 heavy (non-hydrogen) atoms. The number of aryl methyl sites for hydroxylation is 1. The average molecular weight is 751 g/mol. The summed E-state index contributed by atoms with van der Waals surface area (Å²) < 4.78 is 24.8. The number of nitro groups is 2. The Morgan fingerprint density at radius 1 is 0.927 bits per heavy atom. The molecule has 0 amide bonds. The zero-order valence-electron chi connectivity index (χ0n) is 31.0. The number of ether oxygens (including phenoxy) is 4. The Labute approximate surface area is 320 Å². The van der Waals surface area contributed by atoms with Crippen LogP contribution in [0.1, 0.15) is 76.2 Å². The highest BCUT2D eigenvalue weighted by Gasteiger charge is 2.51. The van der Waals surface area contributed by atoms with E-state index < -0.39 is 45.8 Å². The van der Waals surface area contributed by atoms with E-state index in [-0.39, 0.29) is 42.0 Å². The first-order valence-corrected chi connectivity index (χ1v) is 18.8. The lowest BCUT2D eigenvalue weighted by atomic mass is 9.83. The number of unbranched alkanes of at least 4 members (excludes halogenated alkanes) is 1. The minimum Gasteiger partial charge on any atom is -0.490 e. The van der Waals surface area contributed by atoms with Crippen molar-refractivity contribution in [3.63, 3.8) is 0 Å². The van der Waals surface area contributed by atoms with Crippen LogP contribution in [0.15, 0.2) is 91.0 Å². The fourth-order valence-corrected chi connectivity index (χ4v) is 7.65. The van der Waals surface area contributed by atoms with E-state index in [1.807, 2.05) is 48.5 Å². The third-order valence-corrected chi connectivity index (χ3v) is 10.2. The molecule has 0 bridgehead atoms. The molecule has 4 aromatic rings. The van der Waals surface area contributed by atoms with Crippen molar-refractivity contribution < 1.29 is 38.7 Å². The van der Waals surface area contributed by atoms with Gasteiger partial charge in [-0.15, -0.1) is 5.92 Å². The van der Waals surface area contributed by atoms with E-state index in [1.54, 1.807) is 13.8 Å². The molecule has 1 heterocycles. The zero-order chi connectivity index (χ0) is 38.9. The molecule has 12 heteroatoms. The van der Waals surface area contributed by atoms with Crippen molar-refractivity contribution in [2.45, 2.75) is 102 Å². The SMILES string of the molecule is CC(C)OC(=O)CCCC#CC1O[C@@H](c2ccc([N+](=O)[O-])c([N+](=O)[O-])c2)O[C@H]2C[C@@H](O)[C@H](CC[C@H](CCc3ccccc3)Oc3cccc4ccccc34)[C@@H]12. The highest BCUT2D eigenvalue weighted by Crippen LogP contribution is 2.47. The van der Waals surface area contributed by atoms with Gasteiger partial charge in [-0.2, -0.15) is 0 Å². The molecule has 2 aliphatic rings. The number of fused-ring (bicyclic) bond motifs is 2. The van der Waals surface area contributed by atoms with Crippen LogP contribution in [-0.4, -0.2) is 51.4 Å². The Bertz CT molecular complexity index is 2020. The van der Waals surface area contributed by atoms with E-state index in [2.05, 4.69) is 36.1 Å². The molecule has 12 nitrogen and oxygen atoms in total. The van der Waals surface area contributed by atoms with Crippen molar-refractivity contribution in [1.82, 2.24) is 0 Å². The first kappa shape index (κ1) is 39.3. The van der Waals surface area contributed by atoms with E-state index in [0.717, 1.165) is 41.5 Å². The number of benzene rings is 4. The molecular formula is C43H46N2O10. The molecule has 1 N–H and O–H groups in total.